The van der Waals surface area contributed by atoms with Crippen LogP contribution in [0.5, 0.6) is 0 Å². The zero-order valence-corrected chi connectivity index (χ0v) is 5.85. The maximum absolute atomic E-state index is 5.02. The number of nitrogens with zero attached hydrogens (tertiary/aromatic N) is 1. The third-order valence-corrected chi connectivity index (χ3v) is 1.50. The number of allylic oxidation sites excluding steroid dienone is 2. The van der Waals surface area contributed by atoms with E-state index in [1.54, 1.807) is 7.11 Å². The number of rotatable bonds is 1. The van der Waals surface area contributed by atoms with Crippen molar-refractivity contribution in [3.05, 3.63) is 11.8 Å². The molecule has 0 saturated carbocycles. The van der Waals surface area contributed by atoms with E-state index in [-0.39, 0.29) is 0 Å². The fourth-order valence-electron chi connectivity index (χ4n) is 0.919. The third kappa shape index (κ3) is 1.31. The lowest BCUT2D eigenvalue weighted by Gasteiger charge is -1.93. The predicted octanol–water partition coefficient (Wildman–Crippen LogP) is 1.38. The summed E-state index contributed by atoms with van der Waals surface area (Å²) < 4.78 is 5.02. The molecule has 0 amide bonds. The number of hydrogen-bond acceptors (Lipinski definition) is 2. The van der Waals surface area contributed by atoms with Gasteiger partial charge in [0.15, 0.2) is 0 Å². The lowest BCUT2D eigenvalue weighted by atomic mass is 10.3. The summed E-state index contributed by atoms with van der Waals surface area (Å²) in [4.78, 5) is 4.05. The summed E-state index contributed by atoms with van der Waals surface area (Å²) in [6, 6.07) is 0. The van der Waals surface area contributed by atoms with E-state index in [1.807, 2.05) is 13.1 Å². The second-order valence-corrected chi connectivity index (χ2v) is 2.03. The molecule has 1 aliphatic carbocycles. The van der Waals surface area contributed by atoms with Crippen LogP contribution in [0.1, 0.15) is 12.8 Å². The molecule has 0 aromatic heterocycles. The van der Waals surface area contributed by atoms with Gasteiger partial charge in [-0.05, 0) is 12.5 Å². The Kier molecular flexibility index (Phi) is 1.88. The lowest BCUT2D eigenvalue weighted by Crippen LogP contribution is -1.83. The van der Waals surface area contributed by atoms with E-state index < -0.39 is 0 Å². The fraction of sp³-hybridized carbons (Fsp3) is 0.571. The highest BCUT2D eigenvalue weighted by atomic mass is 16.5. The molecule has 1 rings (SSSR count). The second-order valence-electron chi connectivity index (χ2n) is 2.03. The third-order valence-electron chi connectivity index (χ3n) is 1.50. The van der Waals surface area contributed by atoms with Gasteiger partial charge in [-0.15, -0.1) is 0 Å². The van der Waals surface area contributed by atoms with Crippen LogP contribution >= 0.6 is 0 Å². The van der Waals surface area contributed by atoms with Crippen molar-refractivity contribution in [2.45, 2.75) is 12.8 Å². The molecule has 0 saturated heterocycles. The van der Waals surface area contributed by atoms with Crippen LogP contribution in [0.3, 0.4) is 0 Å². The molecule has 2 nitrogen and oxygen atoms in total. The minimum absolute atomic E-state index is 1.02. The Balaban J connectivity index is 2.61. The molecular weight excluding hydrogens is 114 g/mol. The molecule has 0 atom stereocenters. The first kappa shape index (κ1) is 6.33. The average Bonchev–Trinajstić information content (AvgIpc) is 2.34. The van der Waals surface area contributed by atoms with Crippen LogP contribution in [-0.4, -0.2) is 19.9 Å². The maximum atomic E-state index is 5.02. The van der Waals surface area contributed by atoms with E-state index in [4.69, 9.17) is 4.74 Å². The van der Waals surface area contributed by atoms with Crippen molar-refractivity contribution in [2.75, 3.05) is 14.2 Å². The van der Waals surface area contributed by atoms with Crippen LogP contribution < -0.4 is 0 Å². The van der Waals surface area contributed by atoms with Gasteiger partial charge in [0.25, 0.3) is 0 Å². The molecule has 0 unspecified atom stereocenters. The van der Waals surface area contributed by atoms with Crippen LogP contribution in [0.25, 0.3) is 0 Å². The van der Waals surface area contributed by atoms with Crippen LogP contribution in [0.15, 0.2) is 16.8 Å². The molecule has 0 heterocycles. The predicted molar refractivity (Wildman–Crippen MR) is 37.7 cm³/mol. The van der Waals surface area contributed by atoms with Gasteiger partial charge in [-0.3, -0.25) is 4.99 Å². The van der Waals surface area contributed by atoms with Gasteiger partial charge in [0.05, 0.1) is 12.9 Å². The summed E-state index contributed by atoms with van der Waals surface area (Å²) in [6.45, 7) is 0. The smallest absolute Gasteiger partial charge is 0.0977 e. The molecule has 0 aliphatic heterocycles. The monoisotopic (exact) mass is 125 g/mol. The van der Waals surface area contributed by atoms with Gasteiger partial charge in [0, 0.05) is 19.2 Å². The lowest BCUT2D eigenvalue weighted by molar-refractivity contribution is 0.283. The molecule has 0 aromatic carbocycles. The highest BCUT2D eigenvalue weighted by Gasteiger charge is 2.08. The Morgan fingerprint density at radius 1 is 1.56 bits per heavy atom. The van der Waals surface area contributed by atoms with E-state index in [0.717, 1.165) is 24.3 Å². The fourth-order valence-corrected chi connectivity index (χ4v) is 0.919. The quantitative estimate of drug-likeness (QED) is 0.518. The summed E-state index contributed by atoms with van der Waals surface area (Å²) in [5.41, 5.74) is 1.15. The molecule has 50 valence electrons. The molecule has 9 heavy (non-hydrogen) atoms. The van der Waals surface area contributed by atoms with Gasteiger partial charge in [-0.1, -0.05) is 0 Å². The zero-order valence-electron chi connectivity index (χ0n) is 5.85. The van der Waals surface area contributed by atoms with E-state index in [2.05, 4.69) is 4.99 Å². The number of ether oxygens (including phenoxy) is 1. The first-order valence-electron chi connectivity index (χ1n) is 3.07. The number of aliphatic imine (C=N–C) groups is 1. The summed E-state index contributed by atoms with van der Waals surface area (Å²) in [7, 11) is 3.51. The molecule has 0 radical (unpaired) electrons. The molecule has 0 fully saturated rings. The van der Waals surface area contributed by atoms with Gasteiger partial charge >= 0.3 is 0 Å². The summed E-state index contributed by atoms with van der Waals surface area (Å²) in [6.07, 6.45) is 4.06. The molecular formula is C7H11NO. The van der Waals surface area contributed by atoms with Crippen LogP contribution in [0, 0.1) is 0 Å². The van der Waals surface area contributed by atoms with E-state index in [0.29, 0.717) is 0 Å². The highest BCUT2D eigenvalue weighted by Crippen LogP contribution is 2.15. The van der Waals surface area contributed by atoms with E-state index >= 15 is 0 Å². The maximum Gasteiger partial charge on any atom is 0.0977 e. The van der Waals surface area contributed by atoms with Crippen LogP contribution in [-0.2, 0) is 4.74 Å². The largest absolute Gasteiger partial charge is 0.501 e. The van der Waals surface area contributed by atoms with Gasteiger partial charge in [-0.25, -0.2) is 0 Å². The van der Waals surface area contributed by atoms with Gasteiger partial charge < -0.3 is 4.74 Å². The first-order valence-corrected chi connectivity index (χ1v) is 3.07. The molecule has 1 aliphatic rings. The van der Waals surface area contributed by atoms with Crippen molar-refractivity contribution in [3.63, 3.8) is 0 Å². The minimum atomic E-state index is 1.02. The number of hydrogen-bond donors (Lipinski definition) is 0. The van der Waals surface area contributed by atoms with E-state index in [1.165, 1.54) is 0 Å². The van der Waals surface area contributed by atoms with Crippen molar-refractivity contribution in [2.24, 2.45) is 4.99 Å². The Bertz CT molecular complexity index is 158. The Morgan fingerprint density at radius 2 is 2.33 bits per heavy atom. The molecule has 0 N–H and O–H groups in total. The average molecular weight is 125 g/mol. The van der Waals surface area contributed by atoms with Gasteiger partial charge in [-0.2, -0.15) is 0 Å². The van der Waals surface area contributed by atoms with Gasteiger partial charge in [0.1, 0.15) is 0 Å². The molecule has 2 heteroatoms. The van der Waals surface area contributed by atoms with Crippen molar-refractivity contribution in [1.29, 1.82) is 0 Å². The highest BCUT2D eigenvalue weighted by molar-refractivity contribution is 5.97. The SMILES string of the molecule is CN=C1C=C(OC)CC1. The topological polar surface area (TPSA) is 21.6 Å². The second kappa shape index (κ2) is 2.67. The van der Waals surface area contributed by atoms with E-state index in [9.17, 15) is 0 Å². The van der Waals surface area contributed by atoms with Crippen molar-refractivity contribution in [3.8, 4) is 0 Å². The standard InChI is InChI=1S/C7H11NO/c1-8-6-3-4-7(5-6)9-2/h5H,3-4H2,1-2H3. The van der Waals surface area contributed by atoms with Crippen molar-refractivity contribution < 1.29 is 4.74 Å². The molecule has 0 spiro atoms. The van der Waals surface area contributed by atoms with Crippen LogP contribution in [0.2, 0.25) is 0 Å². The number of methoxy groups -OCH3 is 1. The summed E-state index contributed by atoms with van der Waals surface area (Å²) in [5, 5.41) is 0. The summed E-state index contributed by atoms with van der Waals surface area (Å²) >= 11 is 0. The summed E-state index contributed by atoms with van der Waals surface area (Å²) in [5.74, 6) is 1.05. The first-order chi connectivity index (χ1) is 4.36. The molecule has 0 aromatic rings. The zero-order chi connectivity index (χ0) is 6.69. The normalized spacial score (nSPS) is 22.4. The Hall–Kier alpha value is -0.790. The Morgan fingerprint density at radius 3 is 2.67 bits per heavy atom. The Labute approximate surface area is 55.2 Å². The molecule has 0 bridgehead atoms. The van der Waals surface area contributed by atoms with Crippen molar-refractivity contribution in [1.82, 2.24) is 0 Å². The van der Waals surface area contributed by atoms with Crippen molar-refractivity contribution >= 4 is 5.71 Å². The van der Waals surface area contributed by atoms with Crippen LogP contribution in [0.4, 0.5) is 0 Å². The van der Waals surface area contributed by atoms with Gasteiger partial charge in [0.2, 0.25) is 0 Å². The minimum Gasteiger partial charge on any atom is -0.501 e.